The van der Waals surface area contributed by atoms with Gasteiger partial charge in [0.1, 0.15) is 11.4 Å². The molecular weight excluding hydrogens is 574 g/mol. The van der Waals surface area contributed by atoms with Crippen molar-refractivity contribution >= 4 is 33.1 Å². The van der Waals surface area contributed by atoms with E-state index in [1.54, 1.807) is 12.1 Å². The lowest BCUT2D eigenvalue weighted by molar-refractivity contribution is 0.653. The van der Waals surface area contributed by atoms with Crippen LogP contribution in [0.3, 0.4) is 0 Å². The second-order valence-corrected chi connectivity index (χ2v) is 12.8. The molecule has 230 valence electrons. The maximum Gasteiger partial charge on any atom is 0.227 e. The van der Waals surface area contributed by atoms with Crippen LogP contribution in [0.1, 0.15) is 60.5 Å². The van der Waals surface area contributed by atoms with Crippen LogP contribution in [0.4, 0.5) is 0 Å². The van der Waals surface area contributed by atoms with Crippen LogP contribution >= 0.6 is 0 Å². The smallest absolute Gasteiger partial charge is 0.227 e. The molecule has 5 aromatic carbocycles. The van der Waals surface area contributed by atoms with E-state index in [1.807, 2.05) is 36.4 Å². The molecular formula is C43H37N3O. The normalized spacial score (nSPS) is 13.1. The average Bonchev–Trinajstić information content (AvgIpc) is 3.69. The summed E-state index contributed by atoms with van der Waals surface area (Å²) in [5, 5.41) is 1.63. The van der Waals surface area contributed by atoms with E-state index in [2.05, 4.69) is 110 Å². The van der Waals surface area contributed by atoms with E-state index in [1.165, 1.54) is 33.4 Å². The van der Waals surface area contributed by atoms with Gasteiger partial charge in [-0.1, -0.05) is 107 Å². The molecule has 0 bridgehead atoms. The lowest BCUT2D eigenvalue weighted by Gasteiger charge is -2.24. The first-order valence-corrected chi connectivity index (χ1v) is 16.2. The zero-order valence-corrected chi connectivity index (χ0v) is 27.0. The number of aromatic nitrogens is 3. The zero-order valence-electron chi connectivity index (χ0n) is 30.0. The summed E-state index contributed by atoms with van der Waals surface area (Å²) < 4.78 is 32.4. The molecule has 0 unspecified atom stereocenters. The highest BCUT2D eigenvalue weighted by Gasteiger charge is 2.25. The molecule has 0 fully saturated rings. The number of fused-ring (bicyclic) bond motifs is 4. The number of nitrogens with zero attached hydrogens (tertiary/aromatic N) is 3. The molecule has 47 heavy (non-hydrogen) atoms. The van der Waals surface area contributed by atoms with Gasteiger partial charge in [-0.3, -0.25) is 4.57 Å². The van der Waals surface area contributed by atoms with Crippen molar-refractivity contribution in [3.8, 4) is 39.3 Å². The summed E-state index contributed by atoms with van der Waals surface area (Å²) in [6.45, 7) is 6.66. The standard InChI is InChI=1S/C43H37N3O/c1-26(2)36-24-32(31-21-19-30(20-22-31)29-12-7-6-8-13-29)25-37(27(3)4)40(36)46-39-17-10-9-16-38(39)45-42(46)35-15-11-14-33-34-23-18-28(5)44-43(34)47-41(33)35/h6-27H,1-5H3/i5D3. The Kier molecular flexibility index (Phi) is 6.23. The number of benzene rings is 5. The Bertz CT molecular complexity index is 2500. The van der Waals surface area contributed by atoms with Gasteiger partial charge in [0, 0.05) is 20.6 Å². The molecule has 3 aromatic heterocycles. The molecule has 0 saturated carbocycles. The lowest BCUT2D eigenvalue weighted by Crippen LogP contribution is -2.09. The van der Waals surface area contributed by atoms with Crippen LogP contribution < -0.4 is 0 Å². The summed E-state index contributed by atoms with van der Waals surface area (Å²) in [5.41, 5.74) is 12.0. The van der Waals surface area contributed by atoms with E-state index in [9.17, 15) is 0 Å². The fourth-order valence-corrected chi connectivity index (χ4v) is 6.76. The van der Waals surface area contributed by atoms with E-state index < -0.39 is 6.85 Å². The molecule has 0 aliphatic carbocycles. The largest absolute Gasteiger partial charge is 0.437 e. The second-order valence-electron chi connectivity index (χ2n) is 12.8. The van der Waals surface area contributed by atoms with Gasteiger partial charge in [0.15, 0.2) is 0 Å². The second kappa shape index (κ2) is 11.4. The Labute approximate surface area is 279 Å². The highest BCUT2D eigenvalue weighted by atomic mass is 16.3. The number of imidazole rings is 1. The van der Waals surface area contributed by atoms with E-state index in [-0.39, 0.29) is 17.5 Å². The van der Waals surface area contributed by atoms with E-state index in [0.29, 0.717) is 11.3 Å². The molecule has 0 amide bonds. The highest BCUT2D eigenvalue weighted by molar-refractivity contribution is 6.08. The van der Waals surface area contributed by atoms with E-state index in [0.717, 1.165) is 38.9 Å². The van der Waals surface area contributed by atoms with Gasteiger partial charge in [-0.2, -0.15) is 0 Å². The summed E-state index contributed by atoms with van der Waals surface area (Å²) in [6, 6.07) is 41.6. The quantitative estimate of drug-likeness (QED) is 0.187. The average molecular weight is 615 g/mol. The van der Waals surface area contributed by atoms with Gasteiger partial charge in [-0.15, -0.1) is 0 Å². The summed E-state index contributed by atoms with van der Waals surface area (Å²) in [7, 11) is 0. The highest BCUT2D eigenvalue weighted by Crippen LogP contribution is 2.42. The van der Waals surface area contributed by atoms with E-state index >= 15 is 0 Å². The van der Waals surface area contributed by atoms with Gasteiger partial charge in [-0.05, 0) is 94.5 Å². The number of furan rings is 1. The van der Waals surface area contributed by atoms with Crippen LogP contribution in [0, 0.1) is 6.85 Å². The van der Waals surface area contributed by atoms with Crippen LogP contribution in [0.2, 0.25) is 0 Å². The van der Waals surface area contributed by atoms with Crippen molar-refractivity contribution in [2.45, 2.75) is 46.4 Å². The summed E-state index contributed by atoms with van der Waals surface area (Å²) >= 11 is 0. The van der Waals surface area contributed by atoms with Gasteiger partial charge < -0.3 is 4.42 Å². The maximum atomic E-state index is 7.88. The van der Waals surface area contributed by atoms with Gasteiger partial charge in [0.25, 0.3) is 0 Å². The Balaban J connectivity index is 1.36. The first kappa shape index (κ1) is 25.7. The number of rotatable bonds is 6. The Hall–Kier alpha value is -5.48. The van der Waals surface area contributed by atoms with Gasteiger partial charge in [-0.25, -0.2) is 9.97 Å². The van der Waals surface area contributed by atoms with Crippen molar-refractivity contribution < 1.29 is 8.53 Å². The van der Waals surface area contributed by atoms with Crippen molar-refractivity contribution in [3.63, 3.8) is 0 Å². The zero-order chi connectivity index (χ0) is 34.7. The monoisotopic (exact) mass is 614 g/mol. The minimum absolute atomic E-state index is 0.00999. The Morgan fingerprint density at radius 3 is 1.98 bits per heavy atom. The predicted molar refractivity (Wildman–Crippen MR) is 195 cm³/mol. The fourth-order valence-electron chi connectivity index (χ4n) is 6.76. The van der Waals surface area contributed by atoms with Crippen LogP contribution in [0.5, 0.6) is 0 Å². The molecule has 4 heteroatoms. The topological polar surface area (TPSA) is 43.9 Å². The molecule has 4 nitrogen and oxygen atoms in total. The minimum Gasteiger partial charge on any atom is -0.437 e. The van der Waals surface area contributed by atoms with E-state index in [4.69, 9.17) is 13.5 Å². The van der Waals surface area contributed by atoms with Crippen LogP contribution in [0.25, 0.3) is 72.4 Å². The van der Waals surface area contributed by atoms with Crippen molar-refractivity contribution in [1.29, 1.82) is 0 Å². The molecule has 0 N–H and O–H groups in total. The Morgan fingerprint density at radius 2 is 1.28 bits per heavy atom. The number of hydrogen-bond acceptors (Lipinski definition) is 3. The molecule has 0 aliphatic rings. The Morgan fingerprint density at radius 1 is 0.617 bits per heavy atom. The lowest BCUT2D eigenvalue weighted by atomic mass is 9.87. The SMILES string of the molecule is [2H]C([2H])([2H])c1ccc2c(n1)oc1c(-c3nc4ccccc4n3-c3c(C(C)C)cc(-c4ccc(-c5ccccc5)cc4)cc3C(C)C)cccc12. The summed E-state index contributed by atoms with van der Waals surface area (Å²) in [4.78, 5) is 9.67. The van der Waals surface area contributed by atoms with Gasteiger partial charge >= 0.3 is 0 Å². The van der Waals surface area contributed by atoms with Crippen molar-refractivity contribution in [2.75, 3.05) is 0 Å². The summed E-state index contributed by atoms with van der Waals surface area (Å²) in [6.07, 6.45) is 0. The van der Waals surface area contributed by atoms with Gasteiger partial charge in [0.2, 0.25) is 5.71 Å². The number of para-hydroxylation sites is 3. The van der Waals surface area contributed by atoms with Crippen molar-refractivity contribution in [2.24, 2.45) is 0 Å². The summed E-state index contributed by atoms with van der Waals surface area (Å²) in [5.74, 6) is 1.18. The molecule has 0 atom stereocenters. The molecule has 8 aromatic rings. The number of hydrogen-bond donors (Lipinski definition) is 0. The molecule has 0 radical (unpaired) electrons. The van der Waals surface area contributed by atoms with Crippen molar-refractivity contribution in [3.05, 3.63) is 138 Å². The van der Waals surface area contributed by atoms with Crippen LogP contribution in [-0.2, 0) is 0 Å². The first-order valence-electron chi connectivity index (χ1n) is 17.7. The third kappa shape index (κ3) is 4.92. The van der Waals surface area contributed by atoms with Gasteiger partial charge in [0.05, 0.1) is 22.3 Å². The number of aryl methyl sites for hydroxylation is 1. The molecule has 0 aliphatic heterocycles. The number of pyridine rings is 1. The third-order valence-electron chi connectivity index (χ3n) is 9.13. The molecule has 3 heterocycles. The maximum absolute atomic E-state index is 7.88. The third-order valence-corrected chi connectivity index (χ3v) is 9.13. The molecule has 0 spiro atoms. The minimum atomic E-state index is -2.33. The van der Waals surface area contributed by atoms with Crippen LogP contribution in [0.15, 0.2) is 126 Å². The van der Waals surface area contributed by atoms with Crippen molar-refractivity contribution in [1.82, 2.24) is 14.5 Å². The van der Waals surface area contributed by atoms with Crippen LogP contribution in [-0.4, -0.2) is 14.5 Å². The predicted octanol–water partition coefficient (Wildman–Crippen LogP) is 11.9. The fraction of sp³-hybridized carbons (Fsp3) is 0.163. The first-order chi connectivity index (χ1) is 24.1. The molecule has 8 rings (SSSR count). The molecule has 0 saturated heterocycles.